The van der Waals surface area contributed by atoms with Crippen LogP contribution in [0.25, 0.3) is 0 Å². The van der Waals surface area contributed by atoms with Gasteiger partial charge in [-0.05, 0) is 37.6 Å². The molecule has 1 N–H and O–H groups in total. The Balaban J connectivity index is 2.02. The van der Waals surface area contributed by atoms with Crippen LogP contribution < -0.4 is 5.32 Å². The molecule has 2 nitrogen and oxygen atoms in total. The fraction of sp³-hybridized carbons (Fsp3) is 1.00. The lowest BCUT2D eigenvalue weighted by atomic mass is 9.88. The molecule has 1 saturated carbocycles. The molecular weight excluding hydrogens is 210 g/mol. The summed E-state index contributed by atoms with van der Waals surface area (Å²) in [6, 6.07) is 0. The molecule has 0 aromatic rings. The van der Waals surface area contributed by atoms with Crippen LogP contribution in [0.5, 0.6) is 0 Å². The van der Waals surface area contributed by atoms with Gasteiger partial charge in [-0.2, -0.15) is 0 Å². The van der Waals surface area contributed by atoms with E-state index >= 15 is 0 Å². The van der Waals surface area contributed by atoms with E-state index < -0.39 is 0 Å². The van der Waals surface area contributed by atoms with Crippen LogP contribution in [0.2, 0.25) is 0 Å². The molecule has 0 aromatic heterocycles. The number of rotatable bonds is 8. The van der Waals surface area contributed by atoms with E-state index in [-0.39, 0.29) is 0 Å². The van der Waals surface area contributed by atoms with Crippen molar-refractivity contribution in [2.45, 2.75) is 38.5 Å². The highest BCUT2D eigenvalue weighted by Gasteiger charge is 2.32. The first-order valence-corrected chi connectivity index (χ1v) is 6.62. The molecule has 0 saturated heterocycles. The van der Waals surface area contributed by atoms with E-state index in [1.54, 1.807) is 7.11 Å². The van der Waals surface area contributed by atoms with Crippen molar-refractivity contribution in [1.82, 2.24) is 5.32 Å². The highest BCUT2D eigenvalue weighted by Crippen LogP contribution is 2.38. The maximum atomic E-state index is 6.07. The predicted molar refractivity (Wildman–Crippen MR) is 65.6 cm³/mol. The van der Waals surface area contributed by atoms with Crippen molar-refractivity contribution in [2.75, 3.05) is 32.7 Å². The first-order valence-electron chi connectivity index (χ1n) is 6.09. The monoisotopic (exact) mass is 233 g/mol. The number of unbranched alkanes of at least 4 members (excludes halogenated alkanes) is 1. The average molecular weight is 234 g/mol. The second-order valence-electron chi connectivity index (χ2n) is 4.72. The quantitative estimate of drug-likeness (QED) is 0.514. The van der Waals surface area contributed by atoms with Crippen molar-refractivity contribution in [2.24, 2.45) is 5.41 Å². The van der Waals surface area contributed by atoms with Crippen LogP contribution >= 0.6 is 11.6 Å². The van der Waals surface area contributed by atoms with Gasteiger partial charge in [0.2, 0.25) is 0 Å². The van der Waals surface area contributed by atoms with Crippen molar-refractivity contribution in [3.63, 3.8) is 0 Å². The third kappa shape index (κ3) is 4.71. The van der Waals surface area contributed by atoms with Crippen LogP contribution in [-0.2, 0) is 4.74 Å². The highest BCUT2D eigenvalue weighted by molar-refractivity contribution is 6.18. The molecular formula is C12H24ClNO. The molecule has 1 aliphatic rings. The van der Waals surface area contributed by atoms with Crippen molar-refractivity contribution in [3.8, 4) is 0 Å². The fourth-order valence-corrected chi connectivity index (χ4v) is 2.69. The van der Waals surface area contributed by atoms with Crippen LogP contribution in [0.1, 0.15) is 38.5 Å². The van der Waals surface area contributed by atoms with E-state index in [0.29, 0.717) is 5.41 Å². The molecule has 0 spiro atoms. The minimum Gasteiger partial charge on any atom is -0.385 e. The number of nitrogens with one attached hydrogen (secondary N) is 1. The van der Waals surface area contributed by atoms with Gasteiger partial charge in [-0.3, -0.25) is 0 Å². The zero-order valence-corrected chi connectivity index (χ0v) is 10.6. The molecule has 1 fully saturated rings. The van der Waals surface area contributed by atoms with Gasteiger partial charge in [0.1, 0.15) is 0 Å². The van der Waals surface area contributed by atoms with Crippen LogP contribution in [-0.4, -0.2) is 32.7 Å². The summed E-state index contributed by atoms with van der Waals surface area (Å²) in [4.78, 5) is 0. The maximum Gasteiger partial charge on any atom is 0.0462 e. The van der Waals surface area contributed by atoms with E-state index in [1.807, 2.05) is 0 Å². The molecule has 1 rings (SSSR count). The standard InChI is InChI=1S/C12H24ClNO/c1-15-9-5-4-8-14-11-12(10-13)6-2-3-7-12/h14H,2-11H2,1H3. The summed E-state index contributed by atoms with van der Waals surface area (Å²) in [6.07, 6.45) is 7.68. The average Bonchev–Trinajstić information content (AvgIpc) is 2.73. The summed E-state index contributed by atoms with van der Waals surface area (Å²) in [7, 11) is 1.76. The Hall–Kier alpha value is 0.210. The Kier molecular flexibility index (Phi) is 6.62. The molecule has 15 heavy (non-hydrogen) atoms. The molecule has 1 aliphatic carbocycles. The molecule has 0 heterocycles. The molecule has 0 atom stereocenters. The Morgan fingerprint density at radius 3 is 2.60 bits per heavy atom. The summed E-state index contributed by atoms with van der Waals surface area (Å²) in [5.41, 5.74) is 0.406. The van der Waals surface area contributed by atoms with Crippen molar-refractivity contribution in [3.05, 3.63) is 0 Å². The number of alkyl halides is 1. The predicted octanol–water partition coefficient (Wildman–Crippen LogP) is 2.80. The van der Waals surface area contributed by atoms with Crippen LogP contribution in [0, 0.1) is 5.41 Å². The summed E-state index contributed by atoms with van der Waals surface area (Å²) in [5, 5.41) is 3.54. The zero-order chi connectivity index (χ0) is 11.0. The summed E-state index contributed by atoms with van der Waals surface area (Å²) in [5.74, 6) is 0.818. The van der Waals surface area contributed by atoms with Gasteiger partial charge in [0.05, 0.1) is 0 Å². The minimum atomic E-state index is 0.406. The van der Waals surface area contributed by atoms with E-state index in [2.05, 4.69) is 5.32 Å². The first kappa shape index (κ1) is 13.3. The van der Waals surface area contributed by atoms with E-state index in [0.717, 1.165) is 32.0 Å². The SMILES string of the molecule is COCCCCNCC1(CCl)CCCC1. The topological polar surface area (TPSA) is 21.3 Å². The van der Waals surface area contributed by atoms with Crippen LogP contribution in [0.4, 0.5) is 0 Å². The van der Waals surface area contributed by atoms with Gasteiger partial charge in [-0.25, -0.2) is 0 Å². The Bertz CT molecular complexity index is 158. The lowest BCUT2D eigenvalue weighted by molar-refractivity contribution is 0.192. The smallest absolute Gasteiger partial charge is 0.0462 e. The highest BCUT2D eigenvalue weighted by atomic mass is 35.5. The largest absolute Gasteiger partial charge is 0.385 e. The Morgan fingerprint density at radius 1 is 1.27 bits per heavy atom. The normalized spacial score (nSPS) is 19.6. The van der Waals surface area contributed by atoms with Gasteiger partial charge in [0, 0.05) is 26.1 Å². The van der Waals surface area contributed by atoms with Crippen LogP contribution in [0.15, 0.2) is 0 Å². The minimum absolute atomic E-state index is 0.406. The lowest BCUT2D eigenvalue weighted by Gasteiger charge is -2.26. The van der Waals surface area contributed by atoms with E-state index in [9.17, 15) is 0 Å². The summed E-state index contributed by atoms with van der Waals surface area (Å²) in [6.45, 7) is 3.08. The Labute approximate surface area is 98.7 Å². The van der Waals surface area contributed by atoms with Gasteiger partial charge >= 0.3 is 0 Å². The number of halogens is 1. The maximum absolute atomic E-state index is 6.07. The number of methoxy groups -OCH3 is 1. The van der Waals surface area contributed by atoms with Gasteiger partial charge in [-0.1, -0.05) is 12.8 Å². The third-order valence-corrected chi connectivity index (χ3v) is 3.97. The van der Waals surface area contributed by atoms with Crippen molar-refractivity contribution < 1.29 is 4.74 Å². The molecule has 0 bridgehead atoms. The first-order chi connectivity index (χ1) is 7.33. The number of hydrogen-bond acceptors (Lipinski definition) is 2. The van der Waals surface area contributed by atoms with E-state index in [1.165, 1.54) is 32.1 Å². The van der Waals surface area contributed by atoms with Gasteiger partial charge in [0.15, 0.2) is 0 Å². The molecule has 3 heteroatoms. The lowest BCUT2D eigenvalue weighted by Crippen LogP contribution is -2.34. The van der Waals surface area contributed by atoms with Crippen LogP contribution in [0.3, 0.4) is 0 Å². The summed E-state index contributed by atoms with van der Waals surface area (Å²) < 4.78 is 5.01. The third-order valence-electron chi connectivity index (χ3n) is 3.40. The molecule has 0 radical (unpaired) electrons. The molecule has 0 aromatic carbocycles. The second kappa shape index (κ2) is 7.48. The summed E-state index contributed by atoms with van der Waals surface area (Å²) >= 11 is 6.07. The molecule has 0 unspecified atom stereocenters. The van der Waals surface area contributed by atoms with Gasteiger partial charge in [-0.15, -0.1) is 11.6 Å². The Morgan fingerprint density at radius 2 is 2.00 bits per heavy atom. The number of hydrogen-bond donors (Lipinski definition) is 1. The van der Waals surface area contributed by atoms with Crippen molar-refractivity contribution >= 4 is 11.6 Å². The van der Waals surface area contributed by atoms with Gasteiger partial charge in [0.25, 0.3) is 0 Å². The van der Waals surface area contributed by atoms with Crippen molar-refractivity contribution in [1.29, 1.82) is 0 Å². The van der Waals surface area contributed by atoms with Gasteiger partial charge < -0.3 is 10.1 Å². The zero-order valence-electron chi connectivity index (χ0n) is 9.86. The van der Waals surface area contributed by atoms with E-state index in [4.69, 9.17) is 16.3 Å². The number of ether oxygens (including phenoxy) is 1. The fourth-order valence-electron chi connectivity index (χ4n) is 2.33. The molecule has 0 amide bonds. The molecule has 0 aliphatic heterocycles. The molecule has 90 valence electrons. The second-order valence-corrected chi connectivity index (χ2v) is 4.98.